The van der Waals surface area contributed by atoms with Gasteiger partial charge in [-0.2, -0.15) is 0 Å². The summed E-state index contributed by atoms with van der Waals surface area (Å²) in [4.78, 5) is 26.1. The highest BCUT2D eigenvalue weighted by atomic mass is 16.5. The van der Waals surface area contributed by atoms with Crippen LogP contribution in [0.15, 0.2) is 15.8 Å². The van der Waals surface area contributed by atoms with Crippen LogP contribution in [0.5, 0.6) is 0 Å². The van der Waals surface area contributed by atoms with Crippen molar-refractivity contribution in [1.29, 1.82) is 0 Å². The number of hydrogen-bond donors (Lipinski definition) is 1. The van der Waals surface area contributed by atoms with Gasteiger partial charge in [-0.15, -0.1) is 0 Å². The predicted octanol–water partition coefficient (Wildman–Crippen LogP) is 2.02. The second-order valence-electron chi connectivity index (χ2n) is 7.75. The highest BCUT2D eigenvalue weighted by molar-refractivity contribution is 5.05. The van der Waals surface area contributed by atoms with Gasteiger partial charge in [0.15, 0.2) is 0 Å². The van der Waals surface area contributed by atoms with Crippen molar-refractivity contribution in [3.8, 4) is 0 Å². The molecule has 6 heteroatoms. The SMILES string of the molecule is COC[C@H]1C[C@@H](n2cc(C)c(=O)[nH]c2=O)C[C@]1(C)OC(C)(C)C. The van der Waals surface area contributed by atoms with E-state index in [1.165, 1.54) is 0 Å². The maximum Gasteiger partial charge on any atom is 0.328 e. The lowest BCUT2D eigenvalue weighted by Crippen LogP contribution is -2.42. The summed E-state index contributed by atoms with van der Waals surface area (Å²) in [7, 11) is 1.68. The van der Waals surface area contributed by atoms with E-state index in [1.807, 2.05) is 20.8 Å². The molecule has 0 aliphatic heterocycles. The summed E-state index contributed by atoms with van der Waals surface area (Å²) in [5.74, 6) is 0.191. The summed E-state index contributed by atoms with van der Waals surface area (Å²) in [6.07, 6.45) is 3.15. The number of nitrogens with zero attached hydrogens (tertiary/aromatic N) is 1. The normalized spacial score (nSPS) is 28.3. The first-order chi connectivity index (χ1) is 10.6. The molecule has 2 rings (SSSR count). The highest BCUT2D eigenvalue weighted by Gasteiger charge is 2.47. The number of hydrogen-bond acceptors (Lipinski definition) is 4. The van der Waals surface area contributed by atoms with Crippen molar-refractivity contribution in [3.05, 3.63) is 32.6 Å². The largest absolute Gasteiger partial charge is 0.384 e. The molecule has 0 aromatic carbocycles. The Kier molecular flexibility index (Phi) is 4.87. The molecule has 0 spiro atoms. The number of aromatic nitrogens is 2. The lowest BCUT2D eigenvalue weighted by molar-refractivity contribution is -0.149. The Balaban J connectivity index is 2.35. The van der Waals surface area contributed by atoms with Gasteiger partial charge < -0.3 is 9.47 Å². The summed E-state index contributed by atoms with van der Waals surface area (Å²) in [5.41, 5.74) is -0.796. The third-order valence-electron chi connectivity index (χ3n) is 4.51. The number of aromatic amines is 1. The Morgan fingerprint density at radius 2 is 2.04 bits per heavy atom. The van der Waals surface area contributed by atoms with Crippen LogP contribution < -0.4 is 11.2 Å². The standard InChI is InChI=1S/C17H28N2O4/c1-11-9-19(15(21)18-14(11)20)13-7-12(10-22-6)17(5,8-13)23-16(2,3)4/h9,12-13H,7-8,10H2,1-6H3,(H,18,20,21)/t12-,13-,17+/m1/s1. The van der Waals surface area contributed by atoms with E-state index in [9.17, 15) is 9.59 Å². The molecule has 1 heterocycles. The zero-order valence-electron chi connectivity index (χ0n) is 14.9. The van der Waals surface area contributed by atoms with Gasteiger partial charge in [0.1, 0.15) is 0 Å². The molecule has 0 saturated heterocycles. The van der Waals surface area contributed by atoms with Crippen molar-refractivity contribution in [2.24, 2.45) is 5.92 Å². The molecule has 1 aliphatic rings. The molecule has 3 atom stereocenters. The fraction of sp³-hybridized carbons (Fsp3) is 0.765. The molecule has 1 fully saturated rings. The van der Waals surface area contributed by atoms with Crippen LogP contribution in [0, 0.1) is 12.8 Å². The fourth-order valence-corrected chi connectivity index (χ4v) is 3.63. The van der Waals surface area contributed by atoms with Gasteiger partial charge in [0.05, 0.1) is 17.8 Å². The number of rotatable bonds is 4. The van der Waals surface area contributed by atoms with Crippen molar-refractivity contribution in [2.75, 3.05) is 13.7 Å². The van der Waals surface area contributed by atoms with Crippen LogP contribution in [-0.2, 0) is 9.47 Å². The monoisotopic (exact) mass is 324 g/mol. The van der Waals surface area contributed by atoms with Crippen molar-refractivity contribution in [1.82, 2.24) is 9.55 Å². The van der Waals surface area contributed by atoms with E-state index in [0.29, 0.717) is 18.6 Å². The van der Waals surface area contributed by atoms with E-state index in [2.05, 4.69) is 11.9 Å². The van der Waals surface area contributed by atoms with Crippen LogP contribution in [0.3, 0.4) is 0 Å². The van der Waals surface area contributed by atoms with Gasteiger partial charge in [0, 0.05) is 30.8 Å². The maximum absolute atomic E-state index is 12.2. The van der Waals surface area contributed by atoms with Crippen LogP contribution in [0.1, 0.15) is 52.1 Å². The van der Waals surface area contributed by atoms with Gasteiger partial charge in [-0.1, -0.05) is 0 Å². The number of ether oxygens (including phenoxy) is 2. The number of H-pyrrole nitrogens is 1. The van der Waals surface area contributed by atoms with E-state index in [1.54, 1.807) is 24.8 Å². The Bertz CT molecular complexity index is 670. The van der Waals surface area contributed by atoms with E-state index >= 15 is 0 Å². The molecule has 0 amide bonds. The molecule has 130 valence electrons. The lowest BCUT2D eigenvalue weighted by atomic mass is 9.92. The van der Waals surface area contributed by atoms with Gasteiger partial charge >= 0.3 is 5.69 Å². The van der Waals surface area contributed by atoms with Crippen molar-refractivity contribution in [2.45, 2.75) is 64.7 Å². The van der Waals surface area contributed by atoms with Crippen LogP contribution >= 0.6 is 0 Å². The van der Waals surface area contributed by atoms with Crippen LogP contribution in [-0.4, -0.2) is 34.5 Å². The average molecular weight is 324 g/mol. The summed E-state index contributed by atoms with van der Waals surface area (Å²) >= 11 is 0. The molecule has 1 saturated carbocycles. The van der Waals surface area contributed by atoms with Crippen LogP contribution in [0.2, 0.25) is 0 Å². The maximum atomic E-state index is 12.2. The average Bonchev–Trinajstić information content (AvgIpc) is 2.69. The third-order valence-corrected chi connectivity index (χ3v) is 4.51. The molecule has 0 unspecified atom stereocenters. The first-order valence-corrected chi connectivity index (χ1v) is 8.07. The fourth-order valence-electron chi connectivity index (χ4n) is 3.63. The van der Waals surface area contributed by atoms with Crippen LogP contribution in [0.25, 0.3) is 0 Å². The summed E-state index contributed by atoms with van der Waals surface area (Å²) in [6, 6.07) is -0.00875. The third kappa shape index (κ3) is 3.93. The molecule has 1 aliphatic carbocycles. The minimum atomic E-state index is -0.373. The summed E-state index contributed by atoms with van der Waals surface area (Å²) in [6.45, 7) is 10.5. The summed E-state index contributed by atoms with van der Waals surface area (Å²) in [5, 5.41) is 0. The van der Waals surface area contributed by atoms with Gasteiger partial charge in [-0.05, 0) is 47.5 Å². The number of aryl methyl sites for hydroxylation is 1. The second-order valence-corrected chi connectivity index (χ2v) is 7.75. The first kappa shape index (κ1) is 17.9. The van der Waals surface area contributed by atoms with Gasteiger partial charge in [-0.25, -0.2) is 4.79 Å². The molecule has 1 aromatic heterocycles. The highest BCUT2D eigenvalue weighted by Crippen LogP contribution is 2.46. The van der Waals surface area contributed by atoms with Crippen LogP contribution in [0.4, 0.5) is 0 Å². The Labute approximate surface area is 136 Å². The zero-order chi connectivity index (χ0) is 17.4. The van der Waals surface area contributed by atoms with Gasteiger partial charge in [-0.3, -0.25) is 14.3 Å². The van der Waals surface area contributed by atoms with E-state index in [4.69, 9.17) is 9.47 Å². The van der Waals surface area contributed by atoms with Crippen molar-refractivity contribution in [3.63, 3.8) is 0 Å². The molecule has 0 radical (unpaired) electrons. The van der Waals surface area contributed by atoms with Crippen molar-refractivity contribution >= 4 is 0 Å². The molecule has 23 heavy (non-hydrogen) atoms. The molecule has 6 nitrogen and oxygen atoms in total. The second kappa shape index (κ2) is 6.24. The van der Waals surface area contributed by atoms with Gasteiger partial charge in [0.2, 0.25) is 0 Å². The minimum absolute atomic E-state index is 0.00875. The predicted molar refractivity (Wildman–Crippen MR) is 88.9 cm³/mol. The van der Waals surface area contributed by atoms with Crippen molar-refractivity contribution < 1.29 is 9.47 Å². The number of nitrogens with one attached hydrogen (secondary N) is 1. The quantitative estimate of drug-likeness (QED) is 0.919. The van der Waals surface area contributed by atoms with E-state index < -0.39 is 0 Å². The Morgan fingerprint density at radius 3 is 2.61 bits per heavy atom. The van der Waals surface area contributed by atoms with Gasteiger partial charge in [0.25, 0.3) is 5.56 Å². The molecule has 1 aromatic rings. The zero-order valence-corrected chi connectivity index (χ0v) is 14.9. The topological polar surface area (TPSA) is 73.3 Å². The first-order valence-electron chi connectivity index (χ1n) is 8.07. The molecule has 0 bridgehead atoms. The number of methoxy groups -OCH3 is 1. The van der Waals surface area contributed by atoms with E-state index in [-0.39, 0.29) is 34.4 Å². The molecule has 1 N–H and O–H groups in total. The Hall–Kier alpha value is -1.40. The summed E-state index contributed by atoms with van der Waals surface area (Å²) < 4.78 is 13.3. The van der Waals surface area contributed by atoms with E-state index in [0.717, 1.165) is 6.42 Å². The Morgan fingerprint density at radius 1 is 1.39 bits per heavy atom. The molecular formula is C17H28N2O4. The smallest absolute Gasteiger partial charge is 0.328 e. The lowest BCUT2D eigenvalue weighted by Gasteiger charge is -2.38. The molecular weight excluding hydrogens is 296 g/mol. The minimum Gasteiger partial charge on any atom is -0.384 e.